The minimum absolute atomic E-state index is 0.105. The van der Waals surface area contributed by atoms with Gasteiger partial charge in [0.05, 0.1) is 6.04 Å². The summed E-state index contributed by atoms with van der Waals surface area (Å²) in [4.78, 5) is 4.33. The van der Waals surface area contributed by atoms with Crippen molar-refractivity contribution in [2.24, 2.45) is 11.7 Å². The smallest absolute Gasteiger partial charge is 0.110 e. The van der Waals surface area contributed by atoms with Crippen LogP contribution < -0.4 is 5.73 Å². The molecule has 3 heteroatoms. The lowest BCUT2D eigenvalue weighted by atomic mass is 10.1. The maximum Gasteiger partial charge on any atom is 0.110 e. The van der Waals surface area contributed by atoms with Crippen LogP contribution in [0.3, 0.4) is 0 Å². The standard InChI is InChI=1S/C8H14N2S/c1-5(2)7(9)8-10-6(3)4-11-8/h4-5,7H,9H2,1-3H3/t7-/m1/s1. The Balaban J connectivity index is 2.76. The fraction of sp³-hybridized carbons (Fsp3) is 0.625. The lowest BCUT2D eigenvalue weighted by Gasteiger charge is -2.11. The molecule has 2 N–H and O–H groups in total. The first kappa shape index (κ1) is 8.68. The third kappa shape index (κ3) is 2.01. The number of hydrogen-bond acceptors (Lipinski definition) is 3. The zero-order valence-electron chi connectivity index (χ0n) is 7.16. The Morgan fingerprint density at radius 1 is 1.55 bits per heavy atom. The summed E-state index contributed by atoms with van der Waals surface area (Å²) < 4.78 is 0. The van der Waals surface area contributed by atoms with Gasteiger partial charge in [-0.2, -0.15) is 0 Å². The van der Waals surface area contributed by atoms with Crippen molar-refractivity contribution in [2.75, 3.05) is 0 Å². The van der Waals surface area contributed by atoms with Gasteiger partial charge in [0, 0.05) is 11.1 Å². The minimum Gasteiger partial charge on any atom is -0.322 e. The first-order valence-corrected chi connectivity index (χ1v) is 4.67. The molecule has 1 heterocycles. The molecule has 0 saturated carbocycles. The van der Waals surface area contributed by atoms with Crippen molar-refractivity contribution >= 4 is 11.3 Å². The van der Waals surface area contributed by atoms with Crippen molar-refractivity contribution in [2.45, 2.75) is 26.8 Å². The molecule has 62 valence electrons. The van der Waals surface area contributed by atoms with Crippen LogP contribution in [0.5, 0.6) is 0 Å². The van der Waals surface area contributed by atoms with Crippen LogP contribution in [-0.4, -0.2) is 4.98 Å². The number of aryl methyl sites for hydroxylation is 1. The molecule has 0 unspecified atom stereocenters. The summed E-state index contributed by atoms with van der Waals surface area (Å²) >= 11 is 1.65. The molecule has 1 aromatic rings. The van der Waals surface area contributed by atoms with E-state index >= 15 is 0 Å². The summed E-state index contributed by atoms with van der Waals surface area (Å²) in [6.07, 6.45) is 0. The van der Waals surface area contributed by atoms with E-state index in [-0.39, 0.29) is 6.04 Å². The van der Waals surface area contributed by atoms with Gasteiger partial charge in [-0.15, -0.1) is 11.3 Å². The van der Waals surface area contributed by atoms with Crippen LogP contribution in [0.2, 0.25) is 0 Å². The Morgan fingerprint density at radius 3 is 2.55 bits per heavy atom. The Hall–Kier alpha value is -0.410. The molecule has 0 bridgehead atoms. The molecular formula is C8H14N2S. The van der Waals surface area contributed by atoms with Crippen molar-refractivity contribution in [3.63, 3.8) is 0 Å². The van der Waals surface area contributed by atoms with Crippen molar-refractivity contribution in [1.82, 2.24) is 4.98 Å². The van der Waals surface area contributed by atoms with Gasteiger partial charge in [0.2, 0.25) is 0 Å². The zero-order chi connectivity index (χ0) is 8.43. The second-order valence-electron chi connectivity index (χ2n) is 3.10. The quantitative estimate of drug-likeness (QED) is 0.738. The van der Waals surface area contributed by atoms with Crippen molar-refractivity contribution in [1.29, 1.82) is 0 Å². The molecule has 11 heavy (non-hydrogen) atoms. The number of hydrogen-bond donors (Lipinski definition) is 1. The minimum atomic E-state index is 0.105. The molecule has 0 saturated heterocycles. The van der Waals surface area contributed by atoms with E-state index in [9.17, 15) is 0 Å². The van der Waals surface area contributed by atoms with Crippen LogP contribution in [0.15, 0.2) is 5.38 Å². The van der Waals surface area contributed by atoms with E-state index in [0.29, 0.717) is 5.92 Å². The highest BCUT2D eigenvalue weighted by atomic mass is 32.1. The Labute approximate surface area is 71.5 Å². The van der Waals surface area contributed by atoms with Crippen LogP contribution in [0.1, 0.15) is 30.6 Å². The highest BCUT2D eigenvalue weighted by Gasteiger charge is 2.12. The van der Waals surface area contributed by atoms with E-state index in [1.54, 1.807) is 11.3 Å². The average Bonchev–Trinajstić information content (AvgIpc) is 2.34. The normalized spacial score (nSPS) is 13.9. The molecule has 1 aromatic heterocycles. The van der Waals surface area contributed by atoms with Gasteiger partial charge in [0.15, 0.2) is 0 Å². The fourth-order valence-corrected chi connectivity index (χ4v) is 1.78. The van der Waals surface area contributed by atoms with Crippen LogP contribution in [0, 0.1) is 12.8 Å². The topological polar surface area (TPSA) is 38.9 Å². The second kappa shape index (κ2) is 3.32. The number of rotatable bonds is 2. The van der Waals surface area contributed by atoms with Crippen LogP contribution in [0.25, 0.3) is 0 Å². The van der Waals surface area contributed by atoms with Gasteiger partial charge in [-0.05, 0) is 12.8 Å². The van der Waals surface area contributed by atoms with Gasteiger partial charge in [-0.3, -0.25) is 0 Å². The Kier molecular flexibility index (Phi) is 2.62. The Bertz CT molecular complexity index is 230. The predicted octanol–water partition coefficient (Wildman–Crippen LogP) is 2.11. The molecule has 1 rings (SSSR count). The average molecular weight is 170 g/mol. The Morgan fingerprint density at radius 2 is 2.18 bits per heavy atom. The van der Waals surface area contributed by atoms with E-state index < -0.39 is 0 Å². The van der Waals surface area contributed by atoms with Crippen LogP contribution in [-0.2, 0) is 0 Å². The number of aromatic nitrogens is 1. The van der Waals surface area contributed by atoms with Gasteiger partial charge in [-0.25, -0.2) is 4.98 Å². The molecule has 0 amide bonds. The molecule has 0 radical (unpaired) electrons. The lowest BCUT2D eigenvalue weighted by Crippen LogP contribution is -2.16. The molecule has 0 aromatic carbocycles. The zero-order valence-corrected chi connectivity index (χ0v) is 7.98. The molecule has 2 nitrogen and oxygen atoms in total. The van der Waals surface area contributed by atoms with Crippen molar-refractivity contribution < 1.29 is 0 Å². The molecule has 0 aliphatic rings. The van der Waals surface area contributed by atoms with E-state index in [4.69, 9.17) is 5.73 Å². The first-order chi connectivity index (χ1) is 5.11. The summed E-state index contributed by atoms with van der Waals surface area (Å²) in [7, 11) is 0. The number of nitrogens with two attached hydrogens (primary N) is 1. The van der Waals surface area contributed by atoms with Gasteiger partial charge in [0.25, 0.3) is 0 Å². The molecule has 0 aliphatic carbocycles. The molecule has 0 spiro atoms. The number of thiazole rings is 1. The van der Waals surface area contributed by atoms with Gasteiger partial charge in [0.1, 0.15) is 5.01 Å². The predicted molar refractivity (Wildman–Crippen MR) is 48.6 cm³/mol. The summed E-state index contributed by atoms with van der Waals surface area (Å²) in [5.41, 5.74) is 6.97. The largest absolute Gasteiger partial charge is 0.322 e. The molecule has 0 aliphatic heterocycles. The van der Waals surface area contributed by atoms with Crippen molar-refractivity contribution in [3.8, 4) is 0 Å². The molecule has 0 fully saturated rings. The van der Waals surface area contributed by atoms with Crippen molar-refractivity contribution in [3.05, 3.63) is 16.1 Å². The monoisotopic (exact) mass is 170 g/mol. The van der Waals surface area contributed by atoms with Crippen LogP contribution >= 0.6 is 11.3 Å². The first-order valence-electron chi connectivity index (χ1n) is 3.79. The fourth-order valence-electron chi connectivity index (χ4n) is 0.810. The maximum absolute atomic E-state index is 5.90. The van der Waals surface area contributed by atoms with E-state index in [1.165, 1.54) is 0 Å². The summed E-state index contributed by atoms with van der Waals surface area (Å²) in [5.74, 6) is 0.473. The number of nitrogens with zero attached hydrogens (tertiary/aromatic N) is 1. The van der Waals surface area contributed by atoms with E-state index in [0.717, 1.165) is 10.7 Å². The summed E-state index contributed by atoms with van der Waals surface area (Å²) in [6.45, 7) is 6.22. The van der Waals surface area contributed by atoms with Gasteiger partial charge < -0.3 is 5.73 Å². The highest BCUT2D eigenvalue weighted by Crippen LogP contribution is 2.21. The van der Waals surface area contributed by atoms with Crippen LogP contribution in [0.4, 0.5) is 0 Å². The summed E-state index contributed by atoms with van der Waals surface area (Å²) in [5, 5.41) is 3.09. The SMILES string of the molecule is Cc1csc([C@H](N)C(C)C)n1. The maximum atomic E-state index is 5.90. The third-order valence-corrected chi connectivity index (χ3v) is 2.70. The third-order valence-electron chi connectivity index (χ3n) is 1.64. The second-order valence-corrected chi connectivity index (χ2v) is 3.99. The molecule has 1 atom stereocenters. The molecular weight excluding hydrogens is 156 g/mol. The van der Waals surface area contributed by atoms with Gasteiger partial charge >= 0.3 is 0 Å². The lowest BCUT2D eigenvalue weighted by molar-refractivity contribution is 0.511. The van der Waals surface area contributed by atoms with E-state index in [2.05, 4.69) is 18.8 Å². The van der Waals surface area contributed by atoms with E-state index in [1.807, 2.05) is 12.3 Å². The van der Waals surface area contributed by atoms with Gasteiger partial charge in [-0.1, -0.05) is 13.8 Å². The highest BCUT2D eigenvalue weighted by molar-refractivity contribution is 7.09. The summed E-state index contributed by atoms with van der Waals surface area (Å²) in [6, 6.07) is 0.105.